The minimum absolute atomic E-state index is 0.276. The van der Waals surface area contributed by atoms with Crippen LogP contribution in [0.15, 0.2) is 23.8 Å². The molecule has 18 heavy (non-hydrogen) atoms. The number of allylic oxidation sites excluding steroid dienone is 2. The molecule has 1 aliphatic carbocycles. The first-order valence-electron chi connectivity index (χ1n) is 6.78. The van der Waals surface area contributed by atoms with Gasteiger partial charge in [-0.2, -0.15) is 0 Å². The van der Waals surface area contributed by atoms with Crippen LogP contribution >= 0.6 is 11.6 Å². The largest absolute Gasteiger partial charge is 0.414 e. The average molecular weight is 287 g/mol. The lowest BCUT2D eigenvalue weighted by Crippen LogP contribution is -2.44. The van der Waals surface area contributed by atoms with Crippen LogP contribution in [0, 0.1) is 0 Å². The third kappa shape index (κ3) is 3.97. The summed E-state index contributed by atoms with van der Waals surface area (Å²) in [6.07, 6.45) is 5.57. The second-order valence-corrected chi connectivity index (χ2v) is 11.8. The SMILES string of the molecule is C=C1CC[C@@H](O[Si](C)(C)C(C)(C)C)C/C1=C/CCl. The van der Waals surface area contributed by atoms with Crippen molar-refractivity contribution in [3.63, 3.8) is 0 Å². The van der Waals surface area contributed by atoms with Crippen molar-refractivity contribution >= 4 is 19.9 Å². The average Bonchev–Trinajstić information content (AvgIpc) is 2.21. The lowest BCUT2D eigenvalue weighted by atomic mass is 9.89. The van der Waals surface area contributed by atoms with Crippen molar-refractivity contribution < 1.29 is 4.43 Å². The van der Waals surface area contributed by atoms with E-state index in [0.717, 1.165) is 19.3 Å². The van der Waals surface area contributed by atoms with E-state index in [1.807, 2.05) is 0 Å². The van der Waals surface area contributed by atoms with Crippen molar-refractivity contribution in [3.8, 4) is 0 Å². The van der Waals surface area contributed by atoms with Crippen LogP contribution in [0.25, 0.3) is 0 Å². The van der Waals surface area contributed by atoms with Crippen LogP contribution in [-0.2, 0) is 4.43 Å². The van der Waals surface area contributed by atoms with Gasteiger partial charge in [0.15, 0.2) is 8.32 Å². The molecule has 1 nitrogen and oxygen atoms in total. The van der Waals surface area contributed by atoms with Crippen LogP contribution in [0.2, 0.25) is 18.1 Å². The van der Waals surface area contributed by atoms with Gasteiger partial charge in [-0.15, -0.1) is 11.6 Å². The Kier molecular flexibility index (Phi) is 5.28. The van der Waals surface area contributed by atoms with Crippen LogP contribution in [0.1, 0.15) is 40.0 Å². The minimum Gasteiger partial charge on any atom is -0.414 e. The summed E-state index contributed by atoms with van der Waals surface area (Å²) >= 11 is 5.80. The lowest BCUT2D eigenvalue weighted by molar-refractivity contribution is 0.164. The zero-order valence-electron chi connectivity index (χ0n) is 12.5. The van der Waals surface area contributed by atoms with Crippen LogP contribution in [0.3, 0.4) is 0 Å². The monoisotopic (exact) mass is 286 g/mol. The Balaban J connectivity index is 2.70. The molecule has 0 aliphatic heterocycles. The highest BCUT2D eigenvalue weighted by Gasteiger charge is 2.39. The summed E-state index contributed by atoms with van der Waals surface area (Å²) in [5.74, 6) is 0.571. The fourth-order valence-electron chi connectivity index (χ4n) is 2.00. The molecule has 0 radical (unpaired) electrons. The fraction of sp³-hybridized carbons (Fsp3) is 0.733. The number of hydrogen-bond donors (Lipinski definition) is 0. The molecule has 1 saturated carbocycles. The quantitative estimate of drug-likeness (QED) is 0.506. The van der Waals surface area contributed by atoms with Crippen molar-refractivity contribution in [1.82, 2.24) is 0 Å². The molecule has 0 bridgehead atoms. The highest BCUT2D eigenvalue weighted by Crippen LogP contribution is 2.40. The standard InChI is InChI=1S/C15H27ClOSi/c1-12-7-8-14(11-13(12)9-10-16)17-18(5,6)15(2,3)4/h9,14H,1,7-8,10-11H2,2-6H3/b13-9-/t14-/m1/s1. The molecule has 0 saturated heterocycles. The van der Waals surface area contributed by atoms with Crippen LogP contribution in [-0.4, -0.2) is 20.3 Å². The molecule has 0 spiro atoms. The summed E-state index contributed by atoms with van der Waals surface area (Å²) in [5.41, 5.74) is 2.55. The van der Waals surface area contributed by atoms with Gasteiger partial charge in [0.2, 0.25) is 0 Å². The molecule has 0 heterocycles. The minimum atomic E-state index is -1.66. The van der Waals surface area contributed by atoms with E-state index in [1.165, 1.54) is 11.1 Å². The summed E-state index contributed by atoms with van der Waals surface area (Å²) in [4.78, 5) is 0. The molecule has 0 aromatic rings. The Bertz CT molecular complexity index is 339. The summed E-state index contributed by atoms with van der Waals surface area (Å²) in [5, 5.41) is 0.276. The van der Waals surface area contributed by atoms with Crippen LogP contribution < -0.4 is 0 Å². The molecule has 0 aromatic carbocycles. The molecule has 0 amide bonds. The first-order valence-corrected chi connectivity index (χ1v) is 10.2. The molecule has 0 unspecified atom stereocenters. The van der Waals surface area contributed by atoms with E-state index in [9.17, 15) is 0 Å². The lowest BCUT2D eigenvalue weighted by Gasteiger charge is -2.41. The Morgan fingerprint density at radius 3 is 2.56 bits per heavy atom. The highest BCUT2D eigenvalue weighted by molar-refractivity contribution is 6.74. The smallest absolute Gasteiger partial charge is 0.192 e. The number of rotatable bonds is 3. The van der Waals surface area contributed by atoms with E-state index in [-0.39, 0.29) is 5.04 Å². The van der Waals surface area contributed by atoms with E-state index >= 15 is 0 Å². The van der Waals surface area contributed by atoms with E-state index < -0.39 is 8.32 Å². The highest BCUT2D eigenvalue weighted by atomic mass is 35.5. The normalized spacial score (nSPS) is 24.7. The second-order valence-electron chi connectivity index (χ2n) is 6.73. The Hall–Kier alpha value is -0.0531. The molecule has 3 heteroatoms. The van der Waals surface area contributed by atoms with Crippen molar-refractivity contribution in [3.05, 3.63) is 23.8 Å². The van der Waals surface area contributed by atoms with Crippen LogP contribution in [0.4, 0.5) is 0 Å². The molecule has 1 aliphatic rings. The van der Waals surface area contributed by atoms with E-state index in [2.05, 4.69) is 46.5 Å². The second kappa shape index (κ2) is 5.94. The topological polar surface area (TPSA) is 9.23 Å². The molecular weight excluding hydrogens is 260 g/mol. The first kappa shape index (κ1) is 16.0. The third-order valence-electron chi connectivity index (χ3n) is 4.26. The predicted octanol–water partition coefficient (Wildman–Crippen LogP) is 5.28. The van der Waals surface area contributed by atoms with Gasteiger partial charge in [-0.1, -0.05) is 39.0 Å². The Labute approximate surface area is 118 Å². The van der Waals surface area contributed by atoms with Crippen LogP contribution in [0.5, 0.6) is 0 Å². The van der Waals surface area contributed by atoms with Crippen molar-refractivity contribution in [2.45, 2.75) is 64.3 Å². The number of halogens is 1. The molecule has 0 N–H and O–H groups in total. The molecule has 1 fully saturated rings. The van der Waals surface area contributed by atoms with Gasteiger partial charge >= 0.3 is 0 Å². The zero-order chi connectivity index (χ0) is 14.0. The molecule has 0 aromatic heterocycles. The summed E-state index contributed by atoms with van der Waals surface area (Å²) in [7, 11) is -1.66. The fourth-order valence-corrected chi connectivity index (χ4v) is 3.58. The summed E-state index contributed by atoms with van der Waals surface area (Å²) < 4.78 is 6.48. The molecular formula is C15H27ClOSi. The number of hydrogen-bond acceptors (Lipinski definition) is 1. The van der Waals surface area contributed by atoms with Gasteiger partial charge in [-0.3, -0.25) is 0 Å². The van der Waals surface area contributed by atoms with Gasteiger partial charge in [0.1, 0.15) is 0 Å². The number of alkyl halides is 1. The van der Waals surface area contributed by atoms with E-state index in [1.54, 1.807) is 0 Å². The maximum atomic E-state index is 6.48. The maximum Gasteiger partial charge on any atom is 0.192 e. The summed E-state index contributed by atoms with van der Waals surface area (Å²) in [6.45, 7) is 15.6. The van der Waals surface area contributed by atoms with Crippen molar-refractivity contribution in [2.24, 2.45) is 0 Å². The Morgan fingerprint density at radius 1 is 1.44 bits per heavy atom. The zero-order valence-corrected chi connectivity index (χ0v) is 14.2. The maximum absolute atomic E-state index is 6.48. The van der Waals surface area contributed by atoms with Gasteiger partial charge in [0.25, 0.3) is 0 Å². The van der Waals surface area contributed by atoms with Gasteiger partial charge in [0.05, 0.1) is 0 Å². The van der Waals surface area contributed by atoms with Gasteiger partial charge in [0, 0.05) is 12.0 Å². The van der Waals surface area contributed by atoms with E-state index in [0.29, 0.717) is 12.0 Å². The van der Waals surface area contributed by atoms with Gasteiger partial charge in [-0.05, 0) is 43.0 Å². The molecule has 1 rings (SSSR count). The molecule has 104 valence electrons. The first-order chi connectivity index (χ1) is 8.17. The molecule has 1 atom stereocenters. The predicted molar refractivity (Wildman–Crippen MR) is 83.9 cm³/mol. The third-order valence-corrected chi connectivity index (χ3v) is 8.95. The van der Waals surface area contributed by atoms with Crippen molar-refractivity contribution in [2.75, 3.05) is 5.88 Å². The Morgan fingerprint density at radius 2 is 2.06 bits per heavy atom. The van der Waals surface area contributed by atoms with E-state index in [4.69, 9.17) is 16.0 Å². The van der Waals surface area contributed by atoms with Gasteiger partial charge in [-0.25, -0.2) is 0 Å². The van der Waals surface area contributed by atoms with Gasteiger partial charge < -0.3 is 4.43 Å². The van der Waals surface area contributed by atoms with Crippen molar-refractivity contribution in [1.29, 1.82) is 0 Å². The summed E-state index contributed by atoms with van der Waals surface area (Å²) in [6, 6.07) is 0.